The van der Waals surface area contributed by atoms with Crippen molar-refractivity contribution in [2.75, 3.05) is 6.54 Å². The Labute approximate surface area is 123 Å². The Morgan fingerprint density at radius 1 is 1.24 bits per heavy atom. The third kappa shape index (κ3) is 4.11. The fourth-order valence-electron chi connectivity index (χ4n) is 2.18. The summed E-state index contributed by atoms with van der Waals surface area (Å²) in [7, 11) is 0. The fraction of sp³-hybridized carbons (Fsp3) is 0.250. The molecule has 0 radical (unpaired) electrons. The summed E-state index contributed by atoms with van der Waals surface area (Å²) < 4.78 is 0. The monoisotopic (exact) mass is 286 g/mol. The van der Waals surface area contributed by atoms with Gasteiger partial charge in [-0.15, -0.1) is 0 Å². The molecule has 0 aliphatic rings. The molecule has 0 aromatic heterocycles. The molecular weight excluding hydrogens is 268 g/mol. The van der Waals surface area contributed by atoms with Gasteiger partial charge in [0.25, 0.3) is 5.69 Å². The molecule has 0 fully saturated rings. The standard InChI is InChI=1S/C16H18N2O3/c1-12-5-4-7-13(9-12)16(19)11-17-10-14-6-2-3-8-15(14)18(20)21/h2-9,16-17,19H,10-11H2,1H3. The molecule has 1 atom stereocenters. The van der Waals surface area contributed by atoms with Crippen LogP contribution in [0.4, 0.5) is 5.69 Å². The van der Waals surface area contributed by atoms with Crippen LogP contribution in [0.1, 0.15) is 22.8 Å². The lowest BCUT2D eigenvalue weighted by molar-refractivity contribution is -0.385. The van der Waals surface area contributed by atoms with Crippen LogP contribution in [0.2, 0.25) is 0 Å². The van der Waals surface area contributed by atoms with Crippen LogP contribution in [0.25, 0.3) is 0 Å². The highest BCUT2D eigenvalue weighted by Crippen LogP contribution is 2.18. The Morgan fingerprint density at radius 2 is 2.00 bits per heavy atom. The summed E-state index contributed by atoms with van der Waals surface area (Å²) in [6.07, 6.45) is -0.632. The van der Waals surface area contributed by atoms with Gasteiger partial charge in [0.2, 0.25) is 0 Å². The number of benzene rings is 2. The van der Waals surface area contributed by atoms with Crippen LogP contribution in [0, 0.1) is 17.0 Å². The number of rotatable bonds is 6. The van der Waals surface area contributed by atoms with Crippen molar-refractivity contribution < 1.29 is 10.0 Å². The molecule has 0 heterocycles. The van der Waals surface area contributed by atoms with E-state index in [1.165, 1.54) is 6.07 Å². The molecule has 1 unspecified atom stereocenters. The van der Waals surface area contributed by atoms with Crippen LogP contribution in [0.3, 0.4) is 0 Å². The lowest BCUT2D eigenvalue weighted by Gasteiger charge is -2.13. The van der Waals surface area contributed by atoms with Gasteiger partial charge in [-0.3, -0.25) is 10.1 Å². The van der Waals surface area contributed by atoms with Crippen molar-refractivity contribution in [2.45, 2.75) is 19.6 Å². The normalized spacial score (nSPS) is 12.1. The first-order valence-corrected chi connectivity index (χ1v) is 6.75. The number of nitrogens with one attached hydrogen (secondary N) is 1. The summed E-state index contributed by atoms with van der Waals surface area (Å²) in [5, 5.41) is 24.1. The van der Waals surface area contributed by atoms with Gasteiger partial charge >= 0.3 is 0 Å². The van der Waals surface area contributed by atoms with Crippen molar-refractivity contribution in [1.29, 1.82) is 0 Å². The molecular formula is C16H18N2O3. The zero-order valence-corrected chi connectivity index (χ0v) is 11.8. The number of para-hydroxylation sites is 1. The molecule has 2 N–H and O–H groups in total. The highest BCUT2D eigenvalue weighted by Gasteiger charge is 2.13. The number of nitro groups is 1. The molecule has 0 bridgehead atoms. The van der Waals surface area contributed by atoms with E-state index in [1.807, 2.05) is 31.2 Å². The van der Waals surface area contributed by atoms with E-state index in [-0.39, 0.29) is 5.69 Å². The van der Waals surface area contributed by atoms with Crippen molar-refractivity contribution in [3.8, 4) is 0 Å². The molecule has 0 aliphatic carbocycles. The van der Waals surface area contributed by atoms with Gasteiger partial charge in [0.1, 0.15) is 0 Å². The fourth-order valence-corrected chi connectivity index (χ4v) is 2.18. The molecule has 5 nitrogen and oxygen atoms in total. The number of aryl methyl sites for hydroxylation is 1. The van der Waals surface area contributed by atoms with Crippen molar-refractivity contribution in [1.82, 2.24) is 5.32 Å². The number of hydrogen-bond donors (Lipinski definition) is 2. The van der Waals surface area contributed by atoms with Crippen molar-refractivity contribution in [3.63, 3.8) is 0 Å². The molecule has 21 heavy (non-hydrogen) atoms. The average Bonchev–Trinajstić information content (AvgIpc) is 2.47. The zero-order chi connectivity index (χ0) is 15.2. The number of nitrogens with zero attached hydrogens (tertiary/aromatic N) is 1. The van der Waals surface area contributed by atoms with E-state index in [2.05, 4.69) is 5.32 Å². The minimum Gasteiger partial charge on any atom is -0.387 e. The summed E-state index contributed by atoms with van der Waals surface area (Å²) >= 11 is 0. The highest BCUT2D eigenvalue weighted by atomic mass is 16.6. The van der Waals surface area contributed by atoms with Crippen LogP contribution in [0.15, 0.2) is 48.5 Å². The predicted molar refractivity (Wildman–Crippen MR) is 80.9 cm³/mol. The van der Waals surface area contributed by atoms with E-state index >= 15 is 0 Å². The molecule has 5 heteroatoms. The predicted octanol–water partition coefficient (Wildman–Crippen LogP) is 2.73. The second kappa shape index (κ2) is 6.97. The Balaban J connectivity index is 1.94. The van der Waals surface area contributed by atoms with Gasteiger partial charge in [-0.2, -0.15) is 0 Å². The van der Waals surface area contributed by atoms with Crippen molar-refractivity contribution >= 4 is 5.69 Å². The molecule has 2 aromatic rings. The molecule has 0 saturated carbocycles. The summed E-state index contributed by atoms with van der Waals surface area (Å²) in [5.41, 5.74) is 2.63. The molecule has 0 saturated heterocycles. The third-order valence-electron chi connectivity index (χ3n) is 3.27. The zero-order valence-electron chi connectivity index (χ0n) is 11.8. The Hall–Kier alpha value is -2.24. The summed E-state index contributed by atoms with van der Waals surface area (Å²) in [6.45, 7) is 2.66. The largest absolute Gasteiger partial charge is 0.387 e. The van der Waals surface area contributed by atoms with E-state index in [0.29, 0.717) is 18.7 Å². The van der Waals surface area contributed by atoms with Crippen molar-refractivity contribution in [3.05, 3.63) is 75.3 Å². The van der Waals surface area contributed by atoms with E-state index in [9.17, 15) is 15.2 Å². The van der Waals surface area contributed by atoms with Crippen molar-refractivity contribution in [2.24, 2.45) is 0 Å². The van der Waals surface area contributed by atoms with Gasteiger partial charge in [0.05, 0.1) is 11.0 Å². The maximum Gasteiger partial charge on any atom is 0.273 e. The number of nitro benzene ring substituents is 1. The maximum absolute atomic E-state index is 10.9. The van der Waals surface area contributed by atoms with Gasteiger partial charge < -0.3 is 10.4 Å². The van der Waals surface area contributed by atoms with Crippen LogP contribution in [-0.2, 0) is 6.54 Å². The Kier molecular flexibility index (Phi) is 5.03. The first-order valence-electron chi connectivity index (χ1n) is 6.75. The van der Waals surface area contributed by atoms with Crippen LogP contribution in [-0.4, -0.2) is 16.6 Å². The second-order valence-corrected chi connectivity index (χ2v) is 4.95. The summed E-state index contributed by atoms with van der Waals surface area (Å²) in [6, 6.07) is 14.3. The Bertz CT molecular complexity index is 628. The van der Waals surface area contributed by atoms with E-state index in [1.54, 1.807) is 18.2 Å². The molecule has 0 aliphatic heterocycles. The van der Waals surface area contributed by atoms with Gasteiger partial charge in [-0.05, 0) is 12.5 Å². The smallest absolute Gasteiger partial charge is 0.273 e. The van der Waals surface area contributed by atoms with Gasteiger partial charge in [0, 0.05) is 24.7 Å². The quantitative estimate of drug-likeness (QED) is 0.632. The van der Waals surface area contributed by atoms with Gasteiger partial charge in [-0.25, -0.2) is 0 Å². The van der Waals surface area contributed by atoms with E-state index in [4.69, 9.17) is 0 Å². The third-order valence-corrected chi connectivity index (χ3v) is 3.27. The first kappa shape index (κ1) is 15.2. The van der Waals surface area contributed by atoms with E-state index < -0.39 is 11.0 Å². The number of aliphatic hydroxyl groups is 1. The summed E-state index contributed by atoms with van der Waals surface area (Å²) in [5.74, 6) is 0. The molecule has 2 rings (SSSR count). The lowest BCUT2D eigenvalue weighted by Crippen LogP contribution is -2.21. The minimum atomic E-state index is -0.632. The molecule has 0 amide bonds. The SMILES string of the molecule is Cc1cccc(C(O)CNCc2ccccc2[N+](=O)[O-])c1. The van der Waals surface area contributed by atoms with Gasteiger partial charge in [0.15, 0.2) is 0 Å². The van der Waals surface area contributed by atoms with Crippen LogP contribution < -0.4 is 5.32 Å². The average molecular weight is 286 g/mol. The second-order valence-electron chi connectivity index (χ2n) is 4.95. The topological polar surface area (TPSA) is 75.4 Å². The summed E-state index contributed by atoms with van der Waals surface area (Å²) in [4.78, 5) is 10.5. The van der Waals surface area contributed by atoms with Crippen LogP contribution >= 0.6 is 0 Å². The molecule has 0 spiro atoms. The highest BCUT2D eigenvalue weighted by molar-refractivity contribution is 5.39. The molecule has 110 valence electrons. The van der Waals surface area contributed by atoms with Gasteiger partial charge in [-0.1, -0.05) is 48.0 Å². The first-order chi connectivity index (χ1) is 10.1. The Morgan fingerprint density at radius 3 is 2.71 bits per heavy atom. The minimum absolute atomic E-state index is 0.0926. The number of hydrogen-bond acceptors (Lipinski definition) is 4. The molecule has 2 aromatic carbocycles. The van der Waals surface area contributed by atoms with Crippen LogP contribution in [0.5, 0.6) is 0 Å². The number of aliphatic hydroxyl groups excluding tert-OH is 1. The maximum atomic E-state index is 10.9. The van der Waals surface area contributed by atoms with E-state index in [0.717, 1.165) is 11.1 Å². The lowest BCUT2D eigenvalue weighted by atomic mass is 10.1.